The van der Waals surface area contributed by atoms with Crippen molar-refractivity contribution in [3.8, 4) is 5.75 Å². The second-order valence-corrected chi connectivity index (χ2v) is 21.5. The lowest BCUT2D eigenvalue weighted by Crippen LogP contribution is -2.66. The summed E-state index contributed by atoms with van der Waals surface area (Å²) in [7, 11) is -6.46. The molecule has 50 heavy (non-hydrogen) atoms. The van der Waals surface area contributed by atoms with Crippen molar-refractivity contribution in [1.29, 1.82) is 0 Å². The number of carbonyl (C=O) groups excluding carboxylic acids is 1. The second kappa shape index (κ2) is 18.5. The van der Waals surface area contributed by atoms with Gasteiger partial charge in [-0.15, -0.1) is 0 Å². The molecule has 0 radical (unpaired) electrons. The molecule has 1 aliphatic carbocycles. The van der Waals surface area contributed by atoms with E-state index in [1.807, 2.05) is 13.0 Å². The number of aryl methyl sites for hydroxylation is 1. The van der Waals surface area contributed by atoms with Gasteiger partial charge >= 0.3 is 5.97 Å². The maximum absolute atomic E-state index is 13.7. The largest absolute Gasteiger partial charge is 0.489 e. The van der Waals surface area contributed by atoms with Gasteiger partial charge in [0, 0.05) is 6.61 Å². The smallest absolute Gasteiger partial charge is 0.306 e. The van der Waals surface area contributed by atoms with E-state index in [4.69, 9.17) is 13.9 Å². The molecule has 3 aromatic carbocycles. The van der Waals surface area contributed by atoms with Crippen LogP contribution in [0.15, 0.2) is 83.8 Å². The Labute approximate surface area is 303 Å². The van der Waals surface area contributed by atoms with E-state index in [-0.39, 0.29) is 34.1 Å². The highest BCUT2D eigenvalue weighted by Gasteiger charge is 2.50. The fourth-order valence-corrected chi connectivity index (χ4v) is 13.3. The van der Waals surface area contributed by atoms with Gasteiger partial charge in [0.1, 0.15) is 16.7 Å². The molecule has 6 nitrogen and oxygen atoms in total. The van der Waals surface area contributed by atoms with Crippen LogP contribution >= 0.6 is 0 Å². The van der Waals surface area contributed by atoms with Gasteiger partial charge in [0.15, 0.2) is 9.84 Å². The Balaban J connectivity index is 1.48. The van der Waals surface area contributed by atoms with Crippen LogP contribution in [0, 0.1) is 18.8 Å². The SMILES string of the molecule is CCCC[C@@H](CC)COC(=O)CCS(=O)(=O)c1ccc(C)cc1O[C@H]1CCCC[C@H]1CCO[Si](c1ccccc1)(c1ccccc1)C(C)(C)C. The Morgan fingerprint density at radius 2 is 1.56 bits per heavy atom. The fraction of sp³-hybridized carbons (Fsp3) is 0.548. The molecule has 1 aliphatic rings. The molecule has 1 saturated carbocycles. The summed E-state index contributed by atoms with van der Waals surface area (Å²) in [6, 6.07) is 26.6. The summed E-state index contributed by atoms with van der Waals surface area (Å²) in [4.78, 5) is 12.8. The molecule has 0 amide bonds. The number of hydrogen-bond acceptors (Lipinski definition) is 6. The van der Waals surface area contributed by atoms with Gasteiger partial charge in [0.25, 0.3) is 8.32 Å². The molecule has 274 valence electrons. The molecule has 0 saturated heterocycles. The van der Waals surface area contributed by atoms with Gasteiger partial charge in [-0.25, -0.2) is 8.42 Å². The van der Waals surface area contributed by atoms with Crippen LogP contribution in [0.3, 0.4) is 0 Å². The summed E-state index contributed by atoms with van der Waals surface area (Å²) < 4.78 is 46.8. The van der Waals surface area contributed by atoms with Crippen molar-refractivity contribution in [2.45, 2.75) is 122 Å². The molecule has 0 unspecified atom stereocenters. The van der Waals surface area contributed by atoms with Gasteiger partial charge in [-0.05, 0) is 84.0 Å². The minimum Gasteiger partial charge on any atom is -0.489 e. The first-order valence-electron chi connectivity index (χ1n) is 18.8. The van der Waals surface area contributed by atoms with Gasteiger partial charge in [-0.2, -0.15) is 0 Å². The molecule has 8 heteroatoms. The van der Waals surface area contributed by atoms with Crippen LogP contribution in [0.25, 0.3) is 0 Å². The topological polar surface area (TPSA) is 78.9 Å². The molecular formula is C42H60O6SSi. The molecule has 4 rings (SSSR count). The predicted molar refractivity (Wildman–Crippen MR) is 207 cm³/mol. The molecule has 3 aromatic rings. The van der Waals surface area contributed by atoms with Crippen LogP contribution < -0.4 is 15.1 Å². The van der Waals surface area contributed by atoms with Crippen LogP contribution in [0.2, 0.25) is 5.04 Å². The molecule has 0 heterocycles. The number of unbranched alkanes of at least 4 members (excludes halogenated alkanes) is 1. The van der Waals surface area contributed by atoms with Crippen LogP contribution in [0.5, 0.6) is 5.75 Å². The third-order valence-electron chi connectivity index (χ3n) is 10.4. The summed E-state index contributed by atoms with van der Waals surface area (Å²) in [5.74, 6) is 0.148. The number of ether oxygens (including phenoxy) is 2. The fourth-order valence-electron chi connectivity index (χ4n) is 7.42. The number of benzene rings is 3. The maximum atomic E-state index is 13.7. The zero-order chi connectivity index (χ0) is 36.2. The Morgan fingerprint density at radius 3 is 2.16 bits per heavy atom. The lowest BCUT2D eigenvalue weighted by atomic mass is 9.84. The average Bonchev–Trinajstić information content (AvgIpc) is 3.10. The molecule has 0 aliphatic heterocycles. The standard InChI is InChI=1S/C42H60O6SSi/c1-7-9-18-34(8-2)32-46-41(43)28-30-49(44,45)40-26-25-33(3)31-39(40)48-38-24-17-16-19-35(38)27-29-47-50(42(4,5)6,36-20-12-10-13-21-36)37-22-14-11-15-23-37/h10-15,20-23,25-26,31,34-35,38H,7-9,16-19,24,27-30,32H2,1-6H3/t34-,35+,38+/m1/s1. The van der Waals surface area contributed by atoms with Crippen molar-refractivity contribution in [3.63, 3.8) is 0 Å². The van der Waals surface area contributed by atoms with E-state index in [0.29, 0.717) is 24.9 Å². The first-order chi connectivity index (χ1) is 23.9. The summed E-state index contributed by atoms with van der Waals surface area (Å²) in [6.07, 6.45) is 8.68. The van der Waals surface area contributed by atoms with Crippen molar-refractivity contribution in [2.75, 3.05) is 19.0 Å². The predicted octanol–water partition coefficient (Wildman–Crippen LogP) is 8.82. The van der Waals surface area contributed by atoms with E-state index in [2.05, 4.69) is 95.3 Å². The molecule has 0 N–H and O–H groups in total. The van der Waals surface area contributed by atoms with Crippen molar-refractivity contribution < 1.29 is 27.1 Å². The number of carbonyl (C=O) groups is 1. The van der Waals surface area contributed by atoms with Crippen molar-refractivity contribution >= 4 is 34.5 Å². The van der Waals surface area contributed by atoms with Crippen LogP contribution in [0.1, 0.15) is 104 Å². The molecule has 0 spiro atoms. The lowest BCUT2D eigenvalue weighted by Gasteiger charge is -2.43. The Bertz CT molecular complexity index is 1550. The van der Waals surface area contributed by atoms with E-state index in [1.165, 1.54) is 10.4 Å². The number of rotatable bonds is 18. The summed E-state index contributed by atoms with van der Waals surface area (Å²) in [5, 5.41) is 2.41. The van der Waals surface area contributed by atoms with Gasteiger partial charge < -0.3 is 13.9 Å². The molecule has 3 atom stereocenters. The zero-order valence-electron chi connectivity index (χ0n) is 31.3. The highest BCUT2D eigenvalue weighted by Crippen LogP contribution is 2.38. The van der Waals surface area contributed by atoms with Crippen molar-refractivity contribution in [3.05, 3.63) is 84.4 Å². The van der Waals surface area contributed by atoms with Crippen molar-refractivity contribution in [2.24, 2.45) is 11.8 Å². The minimum absolute atomic E-state index is 0.109. The minimum atomic E-state index is -3.79. The monoisotopic (exact) mass is 720 g/mol. The Hall–Kier alpha value is -2.94. The summed E-state index contributed by atoms with van der Waals surface area (Å²) in [6.45, 7) is 14.0. The van der Waals surface area contributed by atoms with Crippen LogP contribution in [-0.2, 0) is 23.8 Å². The summed E-state index contributed by atoms with van der Waals surface area (Å²) >= 11 is 0. The van der Waals surface area contributed by atoms with E-state index in [9.17, 15) is 13.2 Å². The number of hydrogen-bond donors (Lipinski definition) is 0. The highest BCUT2D eigenvalue weighted by atomic mass is 32.2. The van der Waals surface area contributed by atoms with E-state index in [0.717, 1.165) is 63.4 Å². The Morgan fingerprint density at radius 1 is 0.920 bits per heavy atom. The highest BCUT2D eigenvalue weighted by molar-refractivity contribution is 7.91. The molecule has 0 bridgehead atoms. The molecule has 0 aromatic heterocycles. The third-order valence-corrected chi connectivity index (χ3v) is 17.2. The van der Waals surface area contributed by atoms with Crippen LogP contribution in [0.4, 0.5) is 0 Å². The second-order valence-electron chi connectivity index (χ2n) is 15.1. The van der Waals surface area contributed by atoms with E-state index in [1.54, 1.807) is 12.1 Å². The lowest BCUT2D eigenvalue weighted by molar-refractivity contribution is -0.144. The van der Waals surface area contributed by atoms with Crippen LogP contribution in [-0.4, -0.2) is 47.8 Å². The number of esters is 1. The average molecular weight is 721 g/mol. The normalized spacial score (nSPS) is 17.6. The molecular weight excluding hydrogens is 661 g/mol. The first-order valence-corrected chi connectivity index (χ1v) is 22.4. The third kappa shape index (κ3) is 10.3. The zero-order valence-corrected chi connectivity index (χ0v) is 33.1. The van der Waals surface area contributed by atoms with Gasteiger partial charge in [-0.1, -0.05) is 127 Å². The van der Waals surface area contributed by atoms with Gasteiger partial charge in [0.05, 0.1) is 18.8 Å². The van der Waals surface area contributed by atoms with E-state index >= 15 is 0 Å². The number of sulfone groups is 1. The van der Waals surface area contributed by atoms with E-state index < -0.39 is 24.1 Å². The van der Waals surface area contributed by atoms with Gasteiger partial charge in [0.2, 0.25) is 0 Å². The molecule has 1 fully saturated rings. The maximum Gasteiger partial charge on any atom is 0.306 e. The van der Waals surface area contributed by atoms with Gasteiger partial charge in [-0.3, -0.25) is 4.79 Å². The summed E-state index contributed by atoms with van der Waals surface area (Å²) in [5.41, 5.74) is 0.929. The van der Waals surface area contributed by atoms with Crippen molar-refractivity contribution in [1.82, 2.24) is 0 Å². The quantitative estimate of drug-likeness (QED) is 0.0966. The Kier molecular flexibility index (Phi) is 14.8. The first kappa shape index (κ1) is 39.8.